The molecule has 5 nitrogen and oxygen atoms in total. The van der Waals surface area contributed by atoms with E-state index in [4.69, 9.17) is 16.7 Å². The molecule has 0 atom stereocenters. The van der Waals surface area contributed by atoms with Gasteiger partial charge in [-0.3, -0.25) is 9.48 Å². The maximum atomic E-state index is 11.5. The second kappa shape index (κ2) is 5.72. The van der Waals surface area contributed by atoms with Crippen LogP contribution >= 0.6 is 11.6 Å². The molecule has 0 fully saturated rings. The second-order valence-electron chi connectivity index (χ2n) is 3.01. The maximum absolute atomic E-state index is 11.5. The highest BCUT2D eigenvalue weighted by Crippen LogP contribution is 2.13. The molecule has 0 aliphatic heterocycles. The summed E-state index contributed by atoms with van der Waals surface area (Å²) in [5, 5.41) is 15.5. The van der Waals surface area contributed by atoms with Crippen molar-refractivity contribution >= 4 is 17.5 Å². The summed E-state index contributed by atoms with van der Waals surface area (Å²) in [4.78, 5) is 11.5. The van der Waals surface area contributed by atoms with Gasteiger partial charge in [0.2, 0.25) is 0 Å². The van der Waals surface area contributed by atoms with Gasteiger partial charge in [-0.25, -0.2) is 0 Å². The molecule has 0 aromatic carbocycles. The van der Waals surface area contributed by atoms with E-state index in [1.54, 1.807) is 10.9 Å². The zero-order valence-electron chi connectivity index (χ0n) is 8.53. The van der Waals surface area contributed by atoms with Crippen LogP contribution in [0, 0.1) is 0 Å². The Hall–Kier alpha value is -1.07. The van der Waals surface area contributed by atoms with Crippen LogP contribution in [-0.2, 0) is 6.54 Å². The zero-order valence-corrected chi connectivity index (χ0v) is 9.29. The third-order valence-electron chi connectivity index (χ3n) is 1.88. The van der Waals surface area contributed by atoms with Crippen LogP contribution in [0.25, 0.3) is 0 Å². The minimum atomic E-state index is -0.305. The molecule has 0 spiro atoms. The number of amides is 1. The van der Waals surface area contributed by atoms with Crippen LogP contribution < -0.4 is 5.32 Å². The number of aliphatic hydroxyl groups is 1. The van der Waals surface area contributed by atoms with Gasteiger partial charge in [0.1, 0.15) is 0 Å². The van der Waals surface area contributed by atoms with Gasteiger partial charge in [-0.2, -0.15) is 5.10 Å². The topological polar surface area (TPSA) is 67.2 Å². The number of nitrogens with one attached hydrogen (secondary N) is 1. The number of carbonyl (C=O) groups excluding carboxylic acids is 1. The fraction of sp³-hybridized carbons (Fsp3) is 0.556. The van der Waals surface area contributed by atoms with E-state index < -0.39 is 0 Å². The largest absolute Gasteiger partial charge is 0.396 e. The number of aryl methyl sites for hydroxylation is 1. The predicted molar refractivity (Wildman–Crippen MR) is 56.9 cm³/mol. The molecule has 1 rings (SSSR count). The predicted octanol–water partition coefficient (Wildman–Crippen LogP) is 0.669. The van der Waals surface area contributed by atoms with Crippen molar-refractivity contribution in [1.82, 2.24) is 15.1 Å². The molecule has 1 amide bonds. The number of halogens is 1. The number of aromatic nitrogens is 2. The number of aliphatic hydroxyl groups excluding tert-OH is 1. The molecule has 2 N–H and O–H groups in total. The summed E-state index contributed by atoms with van der Waals surface area (Å²) in [5.41, 5.74) is 0.233. The van der Waals surface area contributed by atoms with Crippen molar-refractivity contribution < 1.29 is 9.90 Å². The molecule has 0 aliphatic rings. The van der Waals surface area contributed by atoms with Gasteiger partial charge in [0.15, 0.2) is 5.69 Å². The van der Waals surface area contributed by atoms with E-state index in [0.29, 0.717) is 24.5 Å². The highest BCUT2D eigenvalue weighted by Gasteiger charge is 2.14. The molecule has 0 bridgehead atoms. The van der Waals surface area contributed by atoms with Gasteiger partial charge in [-0.1, -0.05) is 11.6 Å². The Morgan fingerprint density at radius 3 is 3.00 bits per heavy atom. The summed E-state index contributed by atoms with van der Waals surface area (Å²) in [5.74, 6) is -0.305. The van der Waals surface area contributed by atoms with Crippen LogP contribution in [0.5, 0.6) is 0 Å². The number of carbonyl (C=O) groups is 1. The van der Waals surface area contributed by atoms with Gasteiger partial charge in [0.25, 0.3) is 5.91 Å². The quantitative estimate of drug-likeness (QED) is 0.732. The summed E-state index contributed by atoms with van der Waals surface area (Å²) in [6.45, 7) is 3.06. The molecule has 0 radical (unpaired) electrons. The van der Waals surface area contributed by atoms with Crippen molar-refractivity contribution in [3.63, 3.8) is 0 Å². The molecule has 0 unspecified atom stereocenters. The van der Waals surface area contributed by atoms with Crippen LogP contribution in [0.2, 0.25) is 5.02 Å². The summed E-state index contributed by atoms with van der Waals surface area (Å²) in [7, 11) is 0. The van der Waals surface area contributed by atoms with Crippen LogP contribution in [0.3, 0.4) is 0 Å². The Balaban J connectivity index is 2.60. The van der Waals surface area contributed by atoms with E-state index in [0.717, 1.165) is 0 Å². The lowest BCUT2D eigenvalue weighted by Crippen LogP contribution is -2.25. The molecule has 1 aromatic heterocycles. The normalized spacial score (nSPS) is 10.3. The molecular weight excluding hydrogens is 218 g/mol. The van der Waals surface area contributed by atoms with E-state index in [-0.39, 0.29) is 18.2 Å². The molecule has 1 aromatic rings. The minimum Gasteiger partial charge on any atom is -0.396 e. The van der Waals surface area contributed by atoms with Crippen LogP contribution in [0.1, 0.15) is 23.8 Å². The summed E-state index contributed by atoms with van der Waals surface area (Å²) >= 11 is 5.84. The van der Waals surface area contributed by atoms with Gasteiger partial charge in [0, 0.05) is 25.9 Å². The summed E-state index contributed by atoms with van der Waals surface area (Å²) < 4.78 is 1.60. The van der Waals surface area contributed by atoms with E-state index in [1.807, 2.05) is 6.92 Å². The molecule has 0 aliphatic carbocycles. The van der Waals surface area contributed by atoms with Gasteiger partial charge >= 0.3 is 0 Å². The summed E-state index contributed by atoms with van der Waals surface area (Å²) in [6.07, 6.45) is 2.14. The molecule has 6 heteroatoms. The number of nitrogens with zero attached hydrogens (tertiary/aromatic N) is 2. The van der Waals surface area contributed by atoms with Crippen molar-refractivity contribution in [2.45, 2.75) is 19.9 Å². The first kappa shape index (κ1) is 12.0. The van der Waals surface area contributed by atoms with Gasteiger partial charge in [0.05, 0.1) is 5.02 Å². The Morgan fingerprint density at radius 2 is 2.47 bits per heavy atom. The Labute approximate surface area is 93.0 Å². The molecule has 0 saturated carbocycles. The van der Waals surface area contributed by atoms with Crippen molar-refractivity contribution in [3.05, 3.63) is 16.9 Å². The molecular formula is C9H14ClN3O2. The summed E-state index contributed by atoms with van der Waals surface area (Å²) in [6, 6.07) is 0. The van der Waals surface area contributed by atoms with Crippen molar-refractivity contribution in [1.29, 1.82) is 0 Å². The van der Waals surface area contributed by atoms with E-state index in [9.17, 15) is 4.79 Å². The maximum Gasteiger partial charge on any atom is 0.273 e. The Morgan fingerprint density at radius 1 is 1.73 bits per heavy atom. The van der Waals surface area contributed by atoms with Crippen molar-refractivity contribution in [2.75, 3.05) is 13.2 Å². The lowest BCUT2D eigenvalue weighted by atomic mass is 10.4. The van der Waals surface area contributed by atoms with E-state index in [2.05, 4.69) is 10.4 Å². The first-order valence-electron chi connectivity index (χ1n) is 4.81. The Bertz CT molecular complexity index is 338. The van der Waals surface area contributed by atoms with Crippen molar-refractivity contribution in [2.24, 2.45) is 0 Å². The molecule has 1 heterocycles. The van der Waals surface area contributed by atoms with Gasteiger partial charge in [-0.15, -0.1) is 0 Å². The highest BCUT2D eigenvalue weighted by atomic mass is 35.5. The van der Waals surface area contributed by atoms with Crippen LogP contribution in [0.4, 0.5) is 0 Å². The van der Waals surface area contributed by atoms with E-state index >= 15 is 0 Å². The number of hydrogen-bond donors (Lipinski definition) is 2. The first-order valence-corrected chi connectivity index (χ1v) is 5.18. The molecule has 84 valence electrons. The van der Waals surface area contributed by atoms with Gasteiger partial charge < -0.3 is 10.4 Å². The lowest BCUT2D eigenvalue weighted by molar-refractivity contribution is 0.0945. The lowest BCUT2D eigenvalue weighted by Gasteiger charge is -2.01. The van der Waals surface area contributed by atoms with Crippen molar-refractivity contribution in [3.8, 4) is 0 Å². The molecule has 15 heavy (non-hydrogen) atoms. The number of hydrogen-bond acceptors (Lipinski definition) is 3. The fourth-order valence-electron chi connectivity index (χ4n) is 1.08. The third-order valence-corrected chi connectivity index (χ3v) is 2.15. The van der Waals surface area contributed by atoms with Gasteiger partial charge in [-0.05, 0) is 13.3 Å². The molecule has 0 saturated heterocycles. The monoisotopic (exact) mass is 231 g/mol. The second-order valence-corrected chi connectivity index (χ2v) is 3.42. The fourth-order valence-corrected chi connectivity index (χ4v) is 1.31. The minimum absolute atomic E-state index is 0.0530. The zero-order chi connectivity index (χ0) is 11.3. The smallest absolute Gasteiger partial charge is 0.273 e. The SMILES string of the molecule is CCn1cc(Cl)c(C(=O)NCCCO)n1. The van der Waals surface area contributed by atoms with E-state index in [1.165, 1.54) is 0 Å². The highest BCUT2D eigenvalue weighted by molar-refractivity contribution is 6.33. The standard InChI is InChI=1S/C9H14ClN3O2/c1-2-13-6-7(10)8(12-13)9(15)11-4-3-5-14/h6,14H,2-5H2,1H3,(H,11,15). The van der Waals surface area contributed by atoms with Crippen LogP contribution in [-0.4, -0.2) is 33.9 Å². The first-order chi connectivity index (χ1) is 7.19. The average molecular weight is 232 g/mol. The average Bonchev–Trinajstić information content (AvgIpc) is 2.60. The van der Waals surface area contributed by atoms with Crippen LogP contribution in [0.15, 0.2) is 6.20 Å². The number of rotatable bonds is 5. The Kier molecular flexibility index (Phi) is 4.58. The third kappa shape index (κ3) is 3.21.